The second kappa shape index (κ2) is 46.9. The summed E-state index contributed by atoms with van der Waals surface area (Å²) < 4.78 is 11.5. The van der Waals surface area contributed by atoms with Crippen LogP contribution in [0.4, 0.5) is 0 Å². The fraction of sp³-hybridized carbons (Fsp3) is 0.944. The standard InChI is InChI=1S/C54H105NO5/c1-6-11-16-19-20-25-30-37-46-55(49-56)52(42-33-26-21-23-28-35-44-53(57)59-47-50(38-14-9-4)40-31-17-12-7-2)43-34-27-22-24-29-36-45-54(58)60-48-51(39-15-10-5)41-32-18-13-8-3/h49-52H,6-48H2,1-5H3. The molecule has 60 heavy (non-hydrogen) atoms. The molecule has 356 valence electrons. The average Bonchev–Trinajstić information content (AvgIpc) is 3.25. The Bertz CT molecular complexity index is 855. The summed E-state index contributed by atoms with van der Waals surface area (Å²) in [7, 11) is 0. The fourth-order valence-corrected chi connectivity index (χ4v) is 8.83. The van der Waals surface area contributed by atoms with Crippen molar-refractivity contribution in [3.8, 4) is 0 Å². The lowest BCUT2D eigenvalue weighted by Gasteiger charge is -2.29. The summed E-state index contributed by atoms with van der Waals surface area (Å²) in [6.07, 6.45) is 48.1. The van der Waals surface area contributed by atoms with E-state index in [1.165, 1.54) is 199 Å². The van der Waals surface area contributed by atoms with Gasteiger partial charge < -0.3 is 14.4 Å². The van der Waals surface area contributed by atoms with Crippen LogP contribution in [0.1, 0.15) is 291 Å². The summed E-state index contributed by atoms with van der Waals surface area (Å²) in [5.74, 6) is 1.05. The lowest BCUT2D eigenvalue weighted by Crippen LogP contribution is -2.35. The van der Waals surface area contributed by atoms with Crippen molar-refractivity contribution in [2.45, 2.75) is 297 Å². The molecule has 2 unspecified atom stereocenters. The molecule has 0 heterocycles. The van der Waals surface area contributed by atoms with Crippen molar-refractivity contribution in [1.82, 2.24) is 4.90 Å². The third kappa shape index (κ3) is 39.3. The van der Waals surface area contributed by atoms with Gasteiger partial charge in [0.15, 0.2) is 0 Å². The van der Waals surface area contributed by atoms with Crippen LogP contribution in [0.2, 0.25) is 0 Å². The molecule has 0 saturated carbocycles. The van der Waals surface area contributed by atoms with Crippen LogP contribution in [0.25, 0.3) is 0 Å². The van der Waals surface area contributed by atoms with Gasteiger partial charge in [-0.05, 0) is 69.6 Å². The number of carbonyl (C=O) groups excluding carboxylic acids is 3. The number of rotatable bonds is 49. The maximum Gasteiger partial charge on any atom is 0.305 e. The molecule has 0 fully saturated rings. The maximum atomic E-state index is 12.5. The van der Waals surface area contributed by atoms with Crippen LogP contribution in [0.3, 0.4) is 0 Å². The topological polar surface area (TPSA) is 72.9 Å². The van der Waals surface area contributed by atoms with E-state index in [-0.39, 0.29) is 11.9 Å². The smallest absolute Gasteiger partial charge is 0.305 e. The Hall–Kier alpha value is -1.59. The number of hydrogen-bond donors (Lipinski definition) is 0. The zero-order chi connectivity index (χ0) is 44.0. The zero-order valence-electron chi connectivity index (χ0n) is 41.2. The van der Waals surface area contributed by atoms with Crippen molar-refractivity contribution in [1.29, 1.82) is 0 Å². The maximum absolute atomic E-state index is 12.5. The minimum atomic E-state index is -0.00656. The Morgan fingerprint density at radius 1 is 0.383 bits per heavy atom. The van der Waals surface area contributed by atoms with Crippen molar-refractivity contribution >= 4 is 18.3 Å². The molecule has 0 aliphatic rings. The Morgan fingerprint density at radius 2 is 0.683 bits per heavy atom. The molecule has 0 aromatic heterocycles. The third-order valence-corrected chi connectivity index (χ3v) is 13.0. The monoisotopic (exact) mass is 848 g/mol. The number of carbonyl (C=O) groups is 3. The molecule has 1 amide bonds. The molecule has 0 bridgehead atoms. The van der Waals surface area contributed by atoms with Gasteiger partial charge in [0.1, 0.15) is 0 Å². The van der Waals surface area contributed by atoms with Gasteiger partial charge in [-0.1, -0.05) is 221 Å². The SMILES string of the molecule is CCCCCCCCCCN(C=O)C(CCCCCCCCC(=O)OCC(CCCC)CCCCCC)CCCCCCCCC(=O)OCC(CCCC)CCCCCC. The van der Waals surface area contributed by atoms with E-state index in [0.29, 0.717) is 43.9 Å². The van der Waals surface area contributed by atoms with Crippen LogP contribution in [-0.4, -0.2) is 49.0 Å². The first kappa shape index (κ1) is 58.4. The van der Waals surface area contributed by atoms with E-state index < -0.39 is 0 Å². The normalized spacial score (nSPS) is 12.9. The van der Waals surface area contributed by atoms with Crippen molar-refractivity contribution in [2.75, 3.05) is 19.8 Å². The van der Waals surface area contributed by atoms with Crippen molar-refractivity contribution in [2.24, 2.45) is 11.8 Å². The van der Waals surface area contributed by atoms with Gasteiger partial charge in [0, 0.05) is 25.4 Å². The van der Waals surface area contributed by atoms with Crippen molar-refractivity contribution < 1.29 is 23.9 Å². The van der Waals surface area contributed by atoms with Crippen molar-refractivity contribution in [3.63, 3.8) is 0 Å². The van der Waals surface area contributed by atoms with E-state index in [1.54, 1.807) is 0 Å². The lowest BCUT2D eigenvalue weighted by molar-refractivity contribution is -0.146. The third-order valence-electron chi connectivity index (χ3n) is 13.0. The molecule has 0 aliphatic carbocycles. The summed E-state index contributed by atoms with van der Waals surface area (Å²) in [6.45, 7) is 13.4. The first-order valence-corrected chi connectivity index (χ1v) is 27.0. The fourth-order valence-electron chi connectivity index (χ4n) is 8.83. The number of unbranched alkanes of at least 4 members (excludes halogenated alkanes) is 25. The summed E-state index contributed by atoms with van der Waals surface area (Å²) in [5.41, 5.74) is 0. The van der Waals surface area contributed by atoms with Crippen LogP contribution >= 0.6 is 0 Å². The molecule has 2 atom stereocenters. The number of ether oxygens (including phenoxy) is 2. The highest BCUT2D eigenvalue weighted by Crippen LogP contribution is 2.22. The molecule has 0 aromatic carbocycles. The predicted octanol–water partition coefficient (Wildman–Crippen LogP) is 16.8. The minimum Gasteiger partial charge on any atom is -0.465 e. The van der Waals surface area contributed by atoms with E-state index in [0.717, 1.165) is 57.9 Å². The van der Waals surface area contributed by atoms with E-state index in [9.17, 15) is 14.4 Å². The number of hydrogen-bond acceptors (Lipinski definition) is 5. The van der Waals surface area contributed by atoms with E-state index in [4.69, 9.17) is 9.47 Å². The first-order valence-electron chi connectivity index (χ1n) is 27.0. The summed E-state index contributed by atoms with van der Waals surface area (Å²) in [5, 5.41) is 0. The number of amides is 1. The number of esters is 2. The van der Waals surface area contributed by atoms with Crippen molar-refractivity contribution in [3.05, 3.63) is 0 Å². The summed E-state index contributed by atoms with van der Waals surface area (Å²) >= 11 is 0. The Balaban J connectivity index is 4.54. The highest BCUT2D eigenvalue weighted by molar-refractivity contribution is 5.69. The molecule has 0 N–H and O–H groups in total. The summed E-state index contributed by atoms with van der Waals surface area (Å²) in [6, 6.07) is 0.345. The van der Waals surface area contributed by atoms with Gasteiger partial charge in [-0.15, -0.1) is 0 Å². The average molecular weight is 848 g/mol. The second-order valence-electron chi connectivity index (χ2n) is 18.9. The largest absolute Gasteiger partial charge is 0.465 e. The van der Waals surface area contributed by atoms with Gasteiger partial charge in [0.05, 0.1) is 13.2 Å². The Morgan fingerprint density at radius 3 is 1.07 bits per heavy atom. The lowest BCUT2D eigenvalue weighted by atomic mass is 9.96. The molecule has 0 radical (unpaired) electrons. The van der Waals surface area contributed by atoms with Crippen LogP contribution in [0.15, 0.2) is 0 Å². The molecule has 0 rings (SSSR count). The Kier molecular flexibility index (Phi) is 45.7. The Labute approximate surface area is 375 Å². The van der Waals surface area contributed by atoms with Gasteiger partial charge >= 0.3 is 11.9 Å². The molecule has 0 saturated heterocycles. The van der Waals surface area contributed by atoms with Gasteiger partial charge in [-0.3, -0.25) is 14.4 Å². The van der Waals surface area contributed by atoms with Gasteiger partial charge in [-0.25, -0.2) is 0 Å². The van der Waals surface area contributed by atoms with Gasteiger partial charge in [-0.2, -0.15) is 0 Å². The van der Waals surface area contributed by atoms with Gasteiger partial charge in [0.25, 0.3) is 0 Å². The molecule has 0 spiro atoms. The van der Waals surface area contributed by atoms with Crippen LogP contribution in [-0.2, 0) is 23.9 Å². The zero-order valence-corrected chi connectivity index (χ0v) is 41.2. The molecule has 6 heteroatoms. The molecule has 6 nitrogen and oxygen atoms in total. The van der Waals surface area contributed by atoms with Gasteiger partial charge in [0.2, 0.25) is 6.41 Å². The highest BCUT2D eigenvalue weighted by Gasteiger charge is 2.17. The predicted molar refractivity (Wildman–Crippen MR) is 259 cm³/mol. The van der Waals surface area contributed by atoms with E-state index in [1.807, 2.05) is 0 Å². The van der Waals surface area contributed by atoms with Crippen LogP contribution in [0.5, 0.6) is 0 Å². The van der Waals surface area contributed by atoms with Crippen LogP contribution < -0.4 is 0 Å². The molecule has 0 aromatic rings. The van der Waals surface area contributed by atoms with E-state index in [2.05, 4.69) is 39.5 Å². The number of nitrogens with zero attached hydrogens (tertiary/aromatic N) is 1. The quantitative estimate of drug-likeness (QED) is 0.0346. The molecular weight excluding hydrogens is 743 g/mol. The van der Waals surface area contributed by atoms with Crippen LogP contribution in [0, 0.1) is 11.8 Å². The minimum absolute atomic E-state index is 0.00656. The summed E-state index contributed by atoms with van der Waals surface area (Å²) in [4.78, 5) is 39.5. The molecular formula is C54H105NO5. The second-order valence-corrected chi connectivity index (χ2v) is 18.9. The first-order chi connectivity index (χ1) is 29.4. The highest BCUT2D eigenvalue weighted by atomic mass is 16.5. The van der Waals surface area contributed by atoms with E-state index >= 15 is 0 Å². The molecule has 0 aliphatic heterocycles.